The molecular weight excluding hydrogens is 475 g/mol. The molecular formula is C27H22F3NO5. The van der Waals surface area contributed by atoms with Crippen LogP contribution in [0.5, 0.6) is 11.5 Å². The van der Waals surface area contributed by atoms with Gasteiger partial charge in [-0.2, -0.15) is 13.2 Å². The molecule has 1 saturated heterocycles. The lowest BCUT2D eigenvalue weighted by molar-refractivity contribution is -0.137. The Hall–Kier alpha value is -4.27. The van der Waals surface area contributed by atoms with Gasteiger partial charge < -0.3 is 14.6 Å². The fourth-order valence-electron chi connectivity index (χ4n) is 4.24. The Balaban J connectivity index is 1.95. The average molecular weight is 497 g/mol. The number of benzene rings is 3. The van der Waals surface area contributed by atoms with E-state index in [0.29, 0.717) is 16.9 Å². The van der Waals surface area contributed by atoms with E-state index >= 15 is 0 Å². The summed E-state index contributed by atoms with van der Waals surface area (Å²) in [7, 11) is 2.84. The molecule has 1 heterocycles. The highest BCUT2D eigenvalue weighted by Gasteiger charge is 2.47. The summed E-state index contributed by atoms with van der Waals surface area (Å²) in [6.07, 6.45) is -4.56. The Morgan fingerprint density at radius 3 is 2.19 bits per heavy atom. The Morgan fingerprint density at radius 2 is 1.61 bits per heavy atom. The minimum atomic E-state index is -4.56. The predicted molar refractivity (Wildman–Crippen MR) is 127 cm³/mol. The normalized spacial score (nSPS) is 17.4. The number of methoxy groups -OCH3 is 2. The number of carbonyl (C=O) groups excluding carboxylic acids is 2. The van der Waals surface area contributed by atoms with Crippen molar-refractivity contribution < 1.29 is 37.3 Å². The fraction of sp³-hybridized carbons (Fsp3) is 0.185. The highest BCUT2D eigenvalue weighted by atomic mass is 19.4. The smallest absolute Gasteiger partial charge is 0.416 e. The number of carbonyl (C=O) groups is 2. The molecule has 186 valence electrons. The summed E-state index contributed by atoms with van der Waals surface area (Å²) in [6, 6.07) is 14.4. The molecule has 0 aromatic heterocycles. The van der Waals surface area contributed by atoms with E-state index in [4.69, 9.17) is 9.47 Å². The molecule has 3 aromatic rings. The van der Waals surface area contributed by atoms with Gasteiger partial charge in [-0.05, 0) is 54.4 Å². The van der Waals surface area contributed by atoms with Gasteiger partial charge in [-0.25, -0.2) is 0 Å². The van der Waals surface area contributed by atoms with Crippen LogP contribution in [0.3, 0.4) is 0 Å². The van der Waals surface area contributed by atoms with Crippen molar-refractivity contribution in [1.82, 2.24) is 0 Å². The van der Waals surface area contributed by atoms with E-state index in [1.807, 2.05) is 0 Å². The number of Topliss-reactive ketones (excluding diaryl/α,β-unsaturated/α-hetero) is 1. The lowest BCUT2D eigenvalue weighted by Gasteiger charge is -2.27. The summed E-state index contributed by atoms with van der Waals surface area (Å²) in [5.41, 5.74) is 0.386. The Kier molecular flexibility index (Phi) is 6.49. The van der Waals surface area contributed by atoms with Crippen molar-refractivity contribution in [1.29, 1.82) is 0 Å². The number of ketones is 1. The standard InChI is InChI=1S/C27H22F3NO5/c1-15-6-4-5-7-19(15)23-22(24(32)20-13-12-18(35-2)14-21(20)36-3)25(33)26(34)31(23)17-10-8-16(9-11-17)27(28,29)30/h4-14,23,32H,1-3H3/b24-22+. The second kappa shape index (κ2) is 9.41. The monoisotopic (exact) mass is 497 g/mol. The third-order valence-corrected chi connectivity index (χ3v) is 6.06. The fourth-order valence-corrected chi connectivity index (χ4v) is 4.24. The summed E-state index contributed by atoms with van der Waals surface area (Å²) in [6.45, 7) is 1.77. The maximum atomic E-state index is 13.3. The van der Waals surface area contributed by atoms with Crippen LogP contribution in [-0.2, 0) is 15.8 Å². The van der Waals surface area contributed by atoms with Gasteiger partial charge >= 0.3 is 6.18 Å². The molecule has 0 bridgehead atoms. The number of nitrogens with zero attached hydrogens (tertiary/aromatic N) is 1. The maximum absolute atomic E-state index is 13.3. The molecule has 0 radical (unpaired) electrons. The number of alkyl halides is 3. The van der Waals surface area contributed by atoms with Crippen LogP contribution in [0.4, 0.5) is 18.9 Å². The van der Waals surface area contributed by atoms with Crippen LogP contribution in [0.25, 0.3) is 5.76 Å². The number of anilines is 1. The van der Waals surface area contributed by atoms with Gasteiger partial charge in [0.1, 0.15) is 17.3 Å². The minimum absolute atomic E-state index is 0.0825. The van der Waals surface area contributed by atoms with Crippen molar-refractivity contribution >= 4 is 23.1 Å². The van der Waals surface area contributed by atoms with Crippen LogP contribution >= 0.6 is 0 Å². The summed E-state index contributed by atoms with van der Waals surface area (Å²) in [4.78, 5) is 27.6. The largest absolute Gasteiger partial charge is 0.507 e. The number of aliphatic hydroxyl groups is 1. The summed E-state index contributed by atoms with van der Waals surface area (Å²) in [5, 5.41) is 11.3. The van der Waals surface area contributed by atoms with Crippen molar-refractivity contribution in [3.05, 3.63) is 94.6 Å². The Bertz CT molecular complexity index is 1360. The van der Waals surface area contributed by atoms with Gasteiger partial charge in [0.2, 0.25) is 0 Å². The Labute approximate surface area is 205 Å². The molecule has 1 amide bonds. The van der Waals surface area contributed by atoms with Crippen molar-refractivity contribution in [3.63, 3.8) is 0 Å². The van der Waals surface area contributed by atoms with E-state index in [2.05, 4.69) is 0 Å². The minimum Gasteiger partial charge on any atom is -0.507 e. The lowest BCUT2D eigenvalue weighted by atomic mass is 9.92. The number of aryl methyl sites for hydroxylation is 1. The molecule has 1 unspecified atom stereocenters. The molecule has 0 aliphatic carbocycles. The zero-order valence-electron chi connectivity index (χ0n) is 19.6. The molecule has 9 heteroatoms. The number of amides is 1. The number of aliphatic hydroxyl groups excluding tert-OH is 1. The zero-order chi connectivity index (χ0) is 26.2. The van der Waals surface area contributed by atoms with Crippen LogP contribution in [0.1, 0.15) is 28.3 Å². The topological polar surface area (TPSA) is 76.1 Å². The average Bonchev–Trinajstić information content (AvgIpc) is 3.13. The molecule has 0 saturated carbocycles. The number of rotatable bonds is 5. The quantitative estimate of drug-likeness (QED) is 0.280. The van der Waals surface area contributed by atoms with Gasteiger partial charge in [0, 0.05) is 11.8 Å². The summed E-state index contributed by atoms with van der Waals surface area (Å²) >= 11 is 0. The molecule has 1 N–H and O–H groups in total. The van der Waals surface area contributed by atoms with Crippen LogP contribution in [-0.4, -0.2) is 31.0 Å². The summed E-state index contributed by atoms with van der Waals surface area (Å²) in [5.74, 6) is -1.77. The summed E-state index contributed by atoms with van der Waals surface area (Å²) < 4.78 is 49.9. The first kappa shape index (κ1) is 24.8. The van der Waals surface area contributed by atoms with Crippen LogP contribution in [0.2, 0.25) is 0 Å². The number of hydrogen-bond donors (Lipinski definition) is 1. The Morgan fingerprint density at radius 1 is 0.944 bits per heavy atom. The highest BCUT2D eigenvalue weighted by Crippen LogP contribution is 2.45. The molecule has 1 aliphatic heterocycles. The van der Waals surface area contributed by atoms with E-state index in [1.54, 1.807) is 37.3 Å². The molecule has 4 rings (SSSR count). The lowest BCUT2D eigenvalue weighted by Crippen LogP contribution is -2.29. The van der Waals surface area contributed by atoms with Gasteiger partial charge in [0.05, 0.1) is 37.0 Å². The van der Waals surface area contributed by atoms with E-state index in [0.717, 1.165) is 29.2 Å². The highest BCUT2D eigenvalue weighted by molar-refractivity contribution is 6.51. The maximum Gasteiger partial charge on any atom is 0.416 e. The van der Waals surface area contributed by atoms with Crippen molar-refractivity contribution in [2.24, 2.45) is 0 Å². The first-order valence-corrected chi connectivity index (χ1v) is 10.8. The van der Waals surface area contributed by atoms with Gasteiger partial charge in [-0.3, -0.25) is 14.5 Å². The van der Waals surface area contributed by atoms with Crippen molar-refractivity contribution in [3.8, 4) is 11.5 Å². The van der Waals surface area contributed by atoms with Crippen LogP contribution < -0.4 is 14.4 Å². The third-order valence-electron chi connectivity index (χ3n) is 6.06. The second-order valence-electron chi connectivity index (χ2n) is 8.14. The van der Waals surface area contributed by atoms with Gasteiger partial charge in [0.15, 0.2) is 0 Å². The molecule has 1 fully saturated rings. The third kappa shape index (κ3) is 4.28. The molecule has 3 aromatic carbocycles. The first-order valence-electron chi connectivity index (χ1n) is 10.8. The van der Waals surface area contributed by atoms with Crippen molar-refractivity contribution in [2.45, 2.75) is 19.1 Å². The first-order chi connectivity index (χ1) is 17.1. The van der Waals surface area contributed by atoms with E-state index < -0.39 is 35.2 Å². The van der Waals surface area contributed by atoms with Gasteiger partial charge in [0.25, 0.3) is 11.7 Å². The zero-order valence-corrected chi connectivity index (χ0v) is 19.6. The van der Waals surface area contributed by atoms with Gasteiger partial charge in [-0.15, -0.1) is 0 Å². The van der Waals surface area contributed by atoms with E-state index in [-0.39, 0.29) is 22.6 Å². The van der Waals surface area contributed by atoms with Crippen molar-refractivity contribution in [2.75, 3.05) is 19.1 Å². The molecule has 36 heavy (non-hydrogen) atoms. The SMILES string of the molecule is COc1ccc(/C(O)=C2\C(=O)C(=O)N(c3ccc(C(F)(F)F)cc3)C2c2ccccc2C)c(OC)c1. The number of halogens is 3. The van der Waals surface area contributed by atoms with E-state index in [1.165, 1.54) is 26.4 Å². The molecule has 6 nitrogen and oxygen atoms in total. The van der Waals surface area contributed by atoms with Crippen LogP contribution in [0, 0.1) is 6.92 Å². The molecule has 1 atom stereocenters. The molecule has 0 spiro atoms. The predicted octanol–water partition coefficient (Wildman–Crippen LogP) is 5.66. The van der Waals surface area contributed by atoms with E-state index in [9.17, 15) is 27.9 Å². The second-order valence-corrected chi connectivity index (χ2v) is 8.14. The van der Waals surface area contributed by atoms with Crippen LogP contribution in [0.15, 0.2) is 72.3 Å². The number of ether oxygens (including phenoxy) is 2. The number of hydrogen-bond acceptors (Lipinski definition) is 5. The molecule has 1 aliphatic rings. The van der Waals surface area contributed by atoms with Gasteiger partial charge in [-0.1, -0.05) is 24.3 Å².